The van der Waals surface area contributed by atoms with Crippen LogP contribution in [0.1, 0.15) is 53.4 Å². The maximum absolute atomic E-state index is 7.92. The van der Waals surface area contributed by atoms with Crippen LogP contribution >= 0.6 is 0 Å². The van der Waals surface area contributed by atoms with Crippen molar-refractivity contribution in [3.63, 3.8) is 0 Å². The average Bonchev–Trinajstić information content (AvgIpc) is 3.77. The molecule has 0 aliphatic carbocycles. The third-order valence-electron chi connectivity index (χ3n) is 8.44. The van der Waals surface area contributed by atoms with Crippen molar-refractivity contribution < 1.29 is 54.4 Å². The van der Waals surface area contributed by atoms with Crippen molar-refractivity contribution in [2.75, 3.05) is 52.9 Å². The van der Waals surface area contributed by atoms with Gasteiger partial charge in [-0.05, 0) is 51.9 Å². The molecule has 5 aliphatic heterocycles. The largest absolute Gasteiger partial charge is 0.416 e. The molecule has 8 atom stereocenters. The molecule has 0 bridgehead atoms. The number of hydrogen-bond acceptors (Lipinski definition) is 12. The first-order chi connectivity index (χ1) is 21.0. The van der Waals surface area contributed by atoms with Crippen LogP contribution < -0.4 is 0 Å². The van der Waals surface area contributed by atoms with Crippen molar-refractivity contribution in [1.29, 1.82) is 0 Å². The van der Waals surface area contributed by atoms with Gasteiger partial charge in [0.2, 0.25) is 0 Å². The van der Waals surface area contributed by atoms with Gasteiger partial charge in [-0.3, -0.25) is 0 Å². The monoisotopic (exact) mass is 696 g/mol. The van der Waals surface area contributed by atoms with Gasteiger partial charge in [0.15, 0.2) is 0 Å². The molecule has 256 valence electrons. The lowest BCUT2D eigenvalue weighted by molar-refractivity contribution is -0.0157. The van der Waals surface area contributed by atoms with Gasteiger partial charge < -0.3 is 54.4 Å². The van der Waals surface area contributed by atoms with Gasteiger partial charge >= 0.3 is 34.2 Å². The third-order valence-corrected chi connectivity index (χ3v) is 27.3. The molecule has 5 aliphatic rings. The number of rotatable bonds is 20. The molecular formula is C28H56O12Si4. The predicted molar refractivity (Wildman–Crippen MR) is 170 cm³/mol. The van der Waals surface area contributed by atoms with Gasteiger partial charge in [0, 0.05) is 0 Å². The zero-order chi connectivity index (χ0) is 31.6. The van der Waals surface area contributed by atoms with E-state index in [1.807, 2.05) is 0 Å². The van der Waals surface area contributed by atoms with Crippen molar-refractivity contribution in [2.24, 2.45) is 0 Å². The Morgan fingerprint density at radius 1 is 0.455 bits per heavy atom. The Balaban J connectivity index is 1.62. The number of epoxide rings is 4. The summed E-state index contributed by atoms with van der Waals surface area (Å²) in [5, 5.41) is 0. The molecule has 0 saturated carbocycles. The highest BCUT2D eigenvalue weighted by Crippen LogP contribution is 2.42. The first-order valence-corrected chi connectivity index (χ1v) is 26.3. The Bertz CT molecular complexity index is 797. The van der Waals surface area contributed by atoms with E-state index in [9.17, 15) is 0 Å². The van der Waals surface area contributed by atoms with Gasteiger partial charge in [0.1, 0.15) is 47.3 Å². The molecule has 44 heavy (non-hydrogen) atoms. The van der Waals surface area contributed by atoms with E-state index in [4.69, 9.17) is 54.4 Å². The topological polar surface area (TPSA) is 124 Å². The van der Waals surface area contributed by atoms with Crippen LogP contribution in [0.2, 0.25) is 26.2 Å². The Hall–Kier alpha value is 0.388. The molecule has 12 nitrogen and oxygen atoms in total. The van der Waals surface area contributed by atoms with Crippen LogP contribution in [-0.2, 0) is 54.4 Å². The summed E-state index contributed by atoms with van der Waals surface area (Å²) in [7, 11) is -12.8. The van der Waals surface area contributed by atoms with Gasteiger partial charge in [-0.25, -0.2) is 0 Å². The molecule has 0 amide bonds. The van der Waals surface area contributed by atoms with E-state index in [1.165, 1.54) is 0 Å². The van der Waals surface area contributed by atoms with E-state index < -0.39 is 34.2 Å². The Labute approximate surface area is 267 Å². The molecule has 0 aromatic rings. The standard InChI is InChI=1S/C28H56O12Si4/c1-9-25(33-17-21-13-29-21)43(26(10-2)34-18-22-14-30-22)38-41(5,6)37-42(7,8)39-44(40-43,27(11-3)35-19-23-15-31-23)28(12-4)36-20-24-16-32-24/h21-28H,9-20H2,1-8H3. The van der Waals surface area contributed by atoms with Crippen LogP contribution in [0, 0.1) is 0 Å². The van der Waals surface area contributed by atoms with E-state index in [-0.39, 0.29) is 47.3 Å². The highest BCUT2D eigenvalue weighted by molar-refractivity contribution is 6.95. The van der Waals surface area contributed by atoms with Crippen LogP contribution in [0.5, 0.6) is 0 Å². The van der Waals surface area contributed by atoms with Gasteiger partial charge in [0.05, 0.1) is 52.9 Å². The minimum Gasteiger partial charge on any atom is -0.416 e. The number of hydrogen-bond donors (Lipinski definition) is 0. The molecule has 0 spiro atoms. The second-order valence-corrected chi connectivity index (χ2v) is 27.7. The van der Waals surface area contributed by atoms with Crippen molar-refractivity contribution >= 4 is 34.2 Å². The molecule has 0 radical (unpaired) electrons. The second-order valence-electron chi connectivity index (χ2n) is 13.4. The normalized spacial score (nSPS) is 38.2. The quantitative estimate of drug-likeness (QED) is 0.137. The lowest BCUT2D eigenvalue weighted by Crippen LogP contribution is -2.80. The fourth-order valence-corrected chi connectivity index (χ4v) is 29.9. The van der Waals surface area contributed by atoms with Crippen LogP contribution in [0.4, 0.5) is 0 Å². The number of ether oxygens (including phenoxy) is 8. The van der Waals surface area contributed by atoms with Crippen LogP contribution in [0.25, 0.3) is 0 Å². The van der Waals surface area contributed by atoms with E-state index in [2.05, 4.69) is 53.9 Å². The summed E-state index contributed by atoms with van der Waals surface area (Å²) in [5.41, 5.74) is -1.45. The van der Waals surface area contributed by atoms with E-state index in [1.54, 1.807) is 0 Å². The van der Waals surface area contributed by atoms with Crippen molar-refractivity contribution in [2.45, 2.75) is 127 Å². The van der Waals surface area contributed by atoms with Crippen LogP contribution in [0.15, 0.2) is 0 Å². The second kappa shape index (κ2) is 14.9. The van der Waals surface area contributed by atoms with Gasteiger partial charge in [0.25, 0.3) is 0 Å². The highest BCUT2D eigenvalue weighted by Gasteiger charge is 2.69. The summed E-state index contributed by atoms with van der Waals surface area (Å²) in [6.45, 7) is 21.6. The third kappa shape index (κ3) is 9.29. The Morgan fingerprint density at radius 2 is 0.705 bits per heavy atom. The van der Waals surface area contributed by atoms with Crippen LogP contribution in [0.3, 0.4) is 0 Å². The minimum atomic E-state index is -3.56. The van der Waals surface area contributed by atoms with Crippen LogP contribution in [-0.4, -0.2) is 134 Å². The average molecular weight is 697 g/mol. The van der Waals surface area contributed by atoms with Gasteiger partial charge in [-0.1, -0.05) is 27.7 Å². The minimum absolute atomic E-state index is 0.0890. The zero-order valence-corrected chi connectivity index (χ0v) is 32.0. The summed E-state index contributed by atoms with van der Waals surface area (Å²) >= 11 is 0. The Kier molecular flexibility index (Phi) is 12.1. The maximum atomic E-state index is 7.92. The zero-order valence-electron chi connectivity index (χ0n) is 28.0. The molecule has 5 heterocycles. The van der Waals surface area contributed by atoms with E-state index in [0.29, 0.717) is 78.5 Å². The van der Waals surface area contributed by atoms with Crippen molar-refractivity contribution in [3.05, 3.63) is 0 Å². The molecule has 0 aromatic carbocycles. The van der Waals surface area contributed by atoms with E-state index in [0.717, 1.165) is 0 Å². The van der Waals surface area contributed by atoms with Gasteiger partial charge in [-0.15, -0.1) is 0 Å². The lowest BCUT2D eigenvalue weighted by atomic mass is 10.5. The molecule has 5 saturated heterocycles. The summed E-state index contributed by atoms with van der Waals surface area (Å²) in [4.78, 5) is 0. The summed E-state index contributed by atoms with van der Waals surface area (Å²) < 4.78 is 79.0. The molecule has 0 N–H and O–H groups in total. The first-order valence-electron chi connectivity index (χ1n) is 16.7. The van der Waals surface area contributed by atoms with Gasteiger partial charge in [-0.2, -0.15) is 0 Å². The molecule has 5 rings (SSSR count). The summed E-state index contributed by atoms with van der Waals surface area (Å²) in [5.74, 6) is 0. The Morgan fingerprint density at radius 3 is 0.909 bits per heavy atom. The smallest absolute Gasteiger partial charge is 0.380 e. The molecule has 8 unspecified atom stereocenters. The highest BCUT2D eigenvalue weighted by atomic mass is 28.5. The fourth-order valence-electron chi connectivity index (χ4n) is 6.26. The van der Waals surface area contributed by atoms with Crippen molar-refractivity contribution in [1.82, 2.24) is 0 Å². The first kappa shape index (κ1) is 35.7. The molecule has 0 aromatic heterocycles. The molecule has 5 fully saturated rings. The SMILES string of the molecule is CCC(OCC1CO1)[Si]1(C(CC)OCC2CO2)O[Si](C)(C)O[Si](C)(C)O[Si](C(CC)OCC2CO2)(C(CC)OCC2CO2)O1. The summed E-state index contributed by atoms with van der Waals surface area (Å²) in [6, 6.07) is 0. The lowest BCUT2D eigenvalue weighted by Gasteiger charge is -2.56. The fraction of sp³-hybridized carbons (Fsp3) is 1.00. The molecule has 16 heteroatoms. The van der Waals surface area contributed by atoms with Crippen molar-refractivity contribution in [3.8, 4) is 0 Å². The molecular weight excluding hydrogens is 641 g/mol. The summed E-state index contributed by atoms with van der Waals surface area (Å²) in [6.07, 6.45) is 3.06. The predicted octanol–water partition coefficient (Wildman–Crippen LogP) is 3.29. The van der Waals surface area contributed by atoms with E-state index >= 15 is 0 Å². The maximum Gasteiger partial charge on any atom is 0.380 e.